The summed E-state index contributed by atoms with van der Waals surface area (Å²) in [5, 5.41) is 3.51. The van der Waals surface area contributed by atoms with Gasteiger partial charge in [0.2, 0.25) is 0 Å². The molecule has 1 unspecified atom stereocenters. The van der Waals surface area contributed by atoms with Crippen LogP contribution in [0.15, 0.2) is 24.3 Å². The van der Waals surface area contributed by atoms with Crippen LogP contribution in [0.1, 0.15) is 26.3 Å². The zero-order valence-corrected chi connectivity index (χ0v) is 10.5. The first-order valence-corrected chi connectivity index (χ1v) is 6.26. The molecule has 1 atom stereocenters. The quantitative estimate of drug-likeness (QED) is 0.835. The molecule has 2 nitrogen and oxygen atoms in total. The Labute approximate surface area is 98.7 Å². The lowest BCUT2D eigenvalue weighted by Gasteiger charge is -2.28. The fourth-order valence-corrected chi connectivity index (χ4v) is 2.34. The molecule has 0 saturated carbocycles. The van der Waals surface area contributed by atoms with Gasteiger partial charge in [0, 0.05) is 30.9 Å². The minimum Gasteiger partial charge on any atom is -0.367 e. The summed E-state index contributed by atoms with van der Waals surface area (Å²) >= 11 is 0. The molecule has 1 aliphatic heterocycles. The minimum atomic E-state index is 0.570. The third-order valence-electron chi connectivity index (χ3n) is 3.28. The van der Waals surface area contributed by atoms with Gasteiger partial charge in [-0.05, 0) is 25.0 Å². The van der Waals surface area contributed by atoms with Gasteiger partial charge in [0.25, 0.3) is 0 Å². The first kappa shape index (κ1) is 11.5. The Balaban J connectivity index is 2.01. The van der Waals surface area contributed by atoms with Crippen LogP contribution in [-0.4, -0.2) is 25.2 Å². The van der Waals surface area contributed by atoms with Crippen molar-refractivity contribution in [2.75, 3.05) is 18.0 Å². The molecule has 1 aromatic carbocycles. The van der Waals surface area contributed by atoms with Crippen molar-refractivity contribution in [3.05, 3.63) is 29.8 Å². The van der Waals surface area contributed by atoms with Crippen molar-refractivity contribution in [3.63, 3.8) is 0 Å². The number of anilines is 1. The fraction of sp³-hybridized carbons (Fsp3) is 0.571. The Bertz CT molecular complexity index is 346. The molecule has 1 aliphatic rings. The van der Waals surface area contributed by atoms with Crippen LogP contribution in [0, 0.1) is 0 Å². The number of hydrogen-bond acceptors (Lipinski definition) is 2. The van der Waals surface area contributed by atoms with Crippen molar-refractivity contribution in [1.82, 2.24) is 5.32 Å². The van der Waals surface area contributed by atoms with E-state index in [2.05, 4.69) is 55.3 Å². The van der Waals surface area contributed by atoms with Crippen LogP contribution in [0.3, 0.4) is 0 Å². The minimum absolute atomic E-state index is 0.570. The van der Waals surface area contributed by atoms with Gasteiger partial charge in [0.15, 0.2) is 0 Å². The second-order valence-electron chi connectivity index (χ2n) is 4.98. The highest BCUT2D eigenvalue weighted by atomic mass is 15.2. The van der Waals surface area contributed by atoms with E-state index < -0.39 is 0 Å². The van der Waals surface area contributed by atoms with Crippen LogP contribution in [-0.2, 0) is 6.42 Å². The highest BCUT2D eigenvalue weighted by molar-refractivity contribution is 5.58. The van der Waals surface area contributed by atoms with E-state index in [0.29, 0.717) is 12.1 Å². The standard InChI is InChI=1S/C14H22N2/c1-11(2)15-10-12(3)16-9-8-13-6-4-5-7-14(13)16/h4-7,11-12,15H,8-10H2,1-3H3. The van der Waals surface area contributed by atoms with E-state index in [0.717, 1.165) is 6.54 Å². The van der Waals surface area contributed by atoms with Crippen LogP contribution >= 0.6 is 0 Å². The van der Waals surface area contributed by atoms with E-state index in [1.807, 2.05) is 0 Å². The van der Waals surface area contributed by atoms with Crippen LogP contribution < -0.4 is 10.2 Å². The fourth-order valence-electron chi connectivity index (χ4n) is 2.34. The van der Waals surface area contributed by atoms with E-state index in [4.69, 9.17) is 0 Å². The molecule has 16 heavy (non-hydrogen) atoms. The predicted molar refractivity (Wildman–Crippen MR) is 70.1 cm³/mol. The average molecular weight is 218 g/mol. The molecule has 0 fully saturated rings. The molecule has 0 amide bonds. The number of rotatable bonds is 4. The summed E-state index contributed by atoms with van der Waals surface area (Å²) in [4.78, 5) is 2.52. The molecule has 1 N–H and O–H groups in total. The van der Waals surface area contributed by atoms with Gasteiger partial charge in [0.05, 0.1) is 0 Å². The highest BCUT2D eigenvalue weighted by Crippen LogP contribution is 2.28. The van der Waals surface area contributed by atoms with Crippen molar-refractivity contribution in [2.24, 2.45) is 0 Å². The van der Waals surface area contributed by atoms with Crippen LogP contribution in [0.4, 0.5) is 5.69 Å². The summed E-state index contributed by atoms with van der Waals surface area (Å²) in [5.41, 5.74) is 2.93. The van der Waals surface area contributed by atoms with Gasteiger partial charge in [-0.1, -0.05) is 32.0 Å². The molecule has 0 aromatic heterocycles. The first-order chi connectivity index (χ1) is 7.68. The van der Waals surface area contributed by atoms with Gasteiger partial charge in [-0.25, -0.2) is 0 Å². The molecule has 0 saturated heterocycles. The zero-order chi connectivity index (χ0) is 11.5. The molecule has 0 aliphatic carbocycles. The first-order valence-electron chi connectivity index (χ1n) is 6.26. The monoisotopic (exact) mass is 218 g/mol. The van der Waals surface area contributed by atoms with Gasteiger partial charge >= 0.3 is 0 Å². The SMILES string of the molecule is CC(C)NCC(C)N1CCc2ccccc21. The number of nitrogens with zero attached hydrogens (tertiary/aromatic N) is 1. The molecule has 2 heteroatoms. The number of hydrogen-bond donors (Lipinski definition) is 1. The number of nitrogens with one attached hydrogen (secondary N) is 1. The summed E-state index contributed by atoms with van der Waals surface area (Å²) in [6.45, 7) is 8.93. The van der Waals surface area contributed by atoms with Gasteiger partial charge in [-0.15, -0.1) is 0 Å². The summed E-state index contributed by atoms with van der Waals surface area (Å²) in [5.74, 6) is 0. The van der Waals surface area contributed by atoms with Gasteiger partial charge < -0.3 is 10.2 Å². The summed E-state index contributed by atoms with van der Waals surface area (Å²) in [7, 11) is 0. The van der Waals surface area contributed by atoms with Crippen LogP contribution in [0.2, 0.25) is 0 Å². The van der Waals surface area contributed by atoms with Crippen LogP contribution in [0.5, 0.6) is 0 Å². The Kier molecular flexibility index (Phi) is 3.49. The van der Waals surface area contributed by atoms with Gasteiger partial charge in [-0.2, -0.15) is 0 Å². The third kappa shape index (κ3) is 2.38. The second kappa shape index (κ2) is 4.88. The van der Waals surface area contributed by atoms with E-state index in [-0.39, 0.29) is 0 Å². The van der Waals surface area contributed by atoms with E-state index in [1.165, 1.54) is 24.2 Å². The number of fused-ring (bicyclic) bond motifs is 1. The highest BCUT2D eigenvalue weighted by Gasteiger charge is 2.22. The maximum absolute atomic E-state index is 3.51. The lowest BCUT2D eigenvalue weighted by atomic mass is 10.2. The molecular weight excluding hydrogens is 196 g/mol. The van der Waals surface area contributed by atoms with E-state index in [9.17, 15) is 0 Å². The Morgan fingerprint density at radius 2 is 2.00 bits per heavy atom. The second-order valence-corrected chi connectivity index (χ2v) is 4.98. The van der Waals surface area contributed by atoms with Crippen molar-refractivity contribution in [1.29, 1.82) is 0 Å². The van der Waals surface area contributed by atoms with Gasteiger partial charge in [0.1, 0.15) is 0 Å². The molecular formula is C14H22N2. The Morgan fingerprint density at radius 1 is 1.25 bits per heavy atom. The Hall–Kier alpha value is -1.02. The largest absolute Gasteiger partial charge is 0.367 e. The molecule has 88 valence electrons. The molecule has 0 spiro atoms. The summed E-state index contributed by atoms with van der Waals surface area (Å²) in [6, 6.07) is 9.91. The van der Waals surface area contributed by atoms with Crippen molar-refractivity contribution in [3.8, 4) is 0 Å². The normalized spacial score (nSPS) is 16.6. The molecule has 0 bridgehead atoms. The smallest absolute Gasteiger partial charge is 0.0402 e. The molecule has 1 aromatic rings. The summed E-state index contributed by atoms with van der Waals surface area (Å²) in [6.07, 6.45) is 1.20. The van der Waals surface area contributed by atoms with Crippen LogP contribution in [0.25, 0.3) is 0 Å². The average Bonchev–Trinajstić information content (AvgIpc) is 2.69. The maximum Gasteiger partial charge on any atom is 0.0402 e. The van der Waals surface area contributed by atoms with Gasteiger partial charge in [-0.3, -0.25) is 0 Å². The Morgan fingerprint density at radius 3 is 2.75 bits per heavy atom. The lowest BCUT2D eigenvalue weighted by molar-refractivity contribution is 0.524. The van der Waals surface area contributed by atoms with E-state index >= 15 is 0 Å². The number of benzene rings is 1. The van der Waals surface area contributed by atoms with Crippen molar-refractivity contribution in [2.45, 2.75) is 39.3 Å². The topological polar surface area (TPSA) is 15.3 Å². The van der Waals surface area contributed by atoms with E-state index in [1.54, 1.807) is 0 Å². The number of para-hydroxylation sites is 1. The zero-order valence-electron chi connectivity index (χ0n) is 10.5. The third-order valence-corrected chi connectivity index (χ3v) is 3.28. The molecule has 0 radical (unpaired) electrons. The molecule has 1 heterocycles. The maximum atomic E-state index is 3.51. The predicted octanol–water partition coefficient (Wildman–Crippen LogP) is 2.44. The van der Waals surface area contributed by atoms with Crippen molar-refractivity contribution >= 4 is 5.69 Å². The summed E-state index contributed by atoms with van der Waals surface area (Å²) < 4.78 is 0. The van der Waals surface area contributed by atoms with Crippen molar-refractivity contribution < 1.29 is 0 Å². The lowest BCUT2D eigenvalue weighted by Crippen LogP contribution is -2.41. The molecule has 2 rings (SSSR count).